The molecule has 2 heterocycles. The third-order valence-electron chi connectivity index (χ3n) is 5.94. The molecule has 1 unspecified atom stereocenters. The quantitative estimate of drug-likeness (QED) is 0.794. The Hall–Kier alpha value is -1.87. The Labute approximate surface area is 137 Å². The van der Waals surface area contributed by atoms with Gasteiger partial charge < -0.3 is 4.74 Å². The molecule has 0 N–H and O–H groups in total. The van der Waals surface area contributed by atoms with Crippen LogP contribution >= 0.6 is 0 Å². The molecule has 0 aromatic heterocycles. The van der Waals surface area contributed by atoms with E-state index in [4.69, 9.17) is 4.74 Å². The molecule has 2 saturated heterocycles. The lowest BCUT2D eigenvalue weighted by Gasteiger charge is -2.41. The molecular weight excluding hydrogens is 286 g/mol. The smallest absolute Gasteiger partial charge is 0.310 e. The van der Waals surface area contributed by atoms with Crippen molar-refractivity contribution >= 4 is 16.7 Å². The van der Waals surface area contributed by atoms with E-state index in [2.05, 4.69) is 54.4 Å². The highest BCUT2D eigenvalue weighted by atomic mass is 16.5. The zero-order chi connectivity index (χ0) is 16.0. The number of fused-ring (bicyclic) bond motifs is 3. The molecule has 3 nitrogen and oxygen atoms in total. The number of ether oxygens (including phenoxy) is 1. The van der Waals surface area contributed by atoms with Crippen molar-refractivity contribution in [3.05, 3.63) is 48.0 Å². The fourth-order valence-corrected chi connectivity index (χ4v) is 4.71. The van der Waals surface area contributed by atoms with Gasteiger partial charge in [0.1, 0.15) is 0 Å². The summed E-state index contributed by atoms with van der Waals surface area (Å²) in [6.45, 7) is 0. The Kier molecular flexibility index (Phi) is 3.61. The summed E-state index contributed by atoms with van der Waals surface area (Å²) >= 11 is 0. The van der Waals surface area contributed by atoms with Gasteiger partial charge >= 0.3 is 5.97 Å². The molecule has 2 aromatic rings. The van der Waals surface area contributed by atoms with Crippen LogP contribution in [0.4, 0.5) is 0 Å². The molecular formula is C20H23NO2. The second-order valence-electron chi connectivity index (χ2n) is 6.96. The number of methoxy groups -OCH3 is 1. The predicted molar refractivity (Wildman–Crippen MR) is 91.4 cm³/mol. The first-order valence-corrected chi connectivity index (χ1v) is 8.47. The number of carbonyl (C=O) groups is 1. The van der Waals surface area contributed by atoms with Crippen LogP contribution in [-0.2, 0) is 9.53 Å². The number of nitrogens with zero attached hydrogens (tertiary/aromatic N) is 1. The van der Waals surface area contributed by atoms with E-state index in [9.17, 15) is 4.79 Å². The van der Waals surface area contributed by atoms with E-state index in [0.29, 0.717) is 12.1 Å². The third kappa shape index (κ3) is 2.34. The van der Waals surface area contributed by atoms with Crippen molar-refractivity contribution in [1.29, 1.82) is 0 Å². The number of hydrogen-bond acceptors (Lipinski definition) is 3. The molecule has 3 heteroatoms. The zero-order valence-corrected chi connectivity index (χ0v) is 13.7. The highest BCUT2D eigenvalue weighted by Crippen LogP contribution is 2.46. The van der Waals surface area contributed by atoms with Gasteiger partial charge in [-0.2, -0.15) is 0 Å². The normalized spacial score (nSPS) is 30.5. The van der Waals surface area contributed by atoms with Crippen LogP contribution in [0, 0.1) is 5.92 Å². The second-order valence-corrected chi connectivity index (χ2v) is 6.96. The summed E-state index contributed by atoms with van der Waals surface area (Å²) in [4.78, 5) is 14.9. The van der Waals surface area contributed by atoms with Crippen molar-refractivity contribution in [2.75, 3.05) is 14.2 Å². The molecule has 0 aliphatic carbocycles. The summed E-state index contributed by atoms with van der Waals surface area (Å²) in [5.41, 5.74) is 1.28. The number of hydrogen-bond donors (Lipinski definition) is 0. The van der Waals surface area contributed by atoms with Gasteiger partial charge in [0, 0.05) is 18.0 Å². The number of benzene rings is 2. The van der Waals surface area contributed by atoms with Gasteiger partial charge in [-0.1, -0.05) is 42.5 Å². The van der Waals surface area contributed by atoms with E-state index in [1.54, 1.807) is 0 Å². The van der Waals surface area contributed by atoms with Crippen LogP contribution < -0.4 is 0 Å². The average Bonchev–Trinajstić information content (AvgIpc) is 2.83. The predicted octanol–water partition coefficient (Wildman–Crippen LogP) is 3.58. The van der Waals surface area contributed by atoms with Crippen molar-refractivity contribution in [3.63, 3.8) is 0 Å². The molecule has 0 spiro atoms. The first-order chi connectivity index (χ1) is 11.2. The molecule has 0 amide bonds. The number of esters is 1. The highest BCUT2D eigenvalue weighted by molar-refractivity contribution is 5.83. The number of carbonyl (C=O) groups excluding carboxylic acids is 1. The Morgan fingerprint density at radius 1 is 1.13 bits per heavy atom. The zero-order valence-electron chi connectivity index (χ0n) is 13.7. The first-order valence-electron chi connectivity index (χ1n) is 8.47. The Bertz CT molecular complexity index is 741. The van der Waals surface area contributed by atoms with Crippen molar-refractivity contribution in [1.82, 2.24) is 4.90 Å². The van der Waals surface area contributed by atoms with Crippen LogP contribution in [0.5, 0.6) is 0 Å². The lowest BCUT2D eigenvalue weighted by atomic mass is 9.76. The Morgan fingerprint density at radius 2 is 1.91 bits per heavy atom. The van der Waals surface area contributed by atoms with E-state index in [-0.39, 0.29) is 17.8 Å². The summed E-state index contributed by atoms with van der Waals surface area (Å²) in [5.74, 6) is 0.158. The van der Waals surface area contributed by atoms with Crippen molar-refractivity contribution in [2.45, 2.75) is 37.3 Å². The molecule has 4 rings (SSSR count). The molecule has 2 fully saturated rings. The molecule has 0 saturated carbocycles. The minimum Gasteiger partial charge on any atom is -0.469 e. The summed E-state index contributed by atoms with van der Waals surface area (Å²) < 4.78 is 5.16. The fraction of sp³-hybridized carbons (Fsp3) is 0.450. The first kappa shape index (κ1) is 14.7. The summed E-state index contributed by atoms with van der Waals surface area (Å²) in [7, 11) is 3.68. The lowest BCUT2D eigenvalue weighted by Crippen LogP contribution is -2.49. The summed E-state index contributed by atoms with van der Waals surface area (Å²) in [6, 6.07) is 16.0. The standard InChI is InChI=1S/C20H23NO2/c1-21-16-9-10-18(21)19(20(22)23-2)17(12-16)15-8-7-13-5-3-4-6-14(13)11-15/h3-8,11,16-19H,9-10,12H2,1-2H3/t16?,17-,18+,19-/m0/s1. The highest BCUT2D eigenvalue weighted by Gasteiger charge is 2.49. The minimum absolute atomic E-state index is 0.0510. The van der Waals surface area contributed by atoms with Crippen LogP contribution in [0.25, 0.3) is 10.8 Å². The topological polar surface area (TPSA) is 29.5 Å². The van der Waals surface area contributed by atoms with Crippen LogP contribution in [0.15, 0.2) is 42.5 Å². The molecule has 4 atom stereocenters. The van der Waals surface area contributed by atoms with E-state index in [1.165, 1.54) is 29.9 Å². The molecule has 2 aliphatic heterocycles. The molecule has 0 radical (unpaired) electrons. The maximum Gasteiger partial charge on any atom is 0.310 e. The van der Waals surface area contributed by atoms with Gasteiger partial charge in [0.2, 0.25) is 0 Å². The average molecular weight is 309 g/mol. The van der Waals surface area contributed by atoms with Crippen molar-refractivity contribution in [3.8, 4) is 0 Å². The summed E-state index contributed by atoms with van der Waals surface area (Å²) in [6.07, 6.45) is 3.34. The van der Waals surface area contributed by atoms with Gasteiger partial charge in [0.25, 0.3) is 0 Å². The molecule has 2 aliphatic rings. The van der Waals surface area contributed by atoms with Crippen LogP contribution in [0.2, 0.25) is 0 Å². The van der Waals surface area contributed by atoms with Gasteiger partial charge in [-0.15, -0.1) is 0 Å². The monoisotopic (exact) mass is 309 g/mol. The fourth-order valence-electron chi connectivity index (χ4n) is 4.71. The largest absolute Gasteiger partial charge is 0.469 e. The van der Waals surface area contributed by atoms with E-state index < -0.39 is 0 Å². The Balaban J connectivity index is 1.76. The van der Waals surface area contributed by atoms with Crippen LogP contribution in [0.1, 0.15) is 30.7 Å². The summed E-state index contributed by atoms with van der Waals surface area (Å²) in [5, 5.41) is 2.50. The van der Waals surface area contributed by atoms with Crippen LogP contribution in [0.3, 0.4) is 0 Å². The Morgan fingerprint density at radius 3 is 2.70 bits per heavy atom. The molecule has 2 bridgehead atoms. The minimum atomic E-state index is -0.0552. The molecule has 2 aromatic carbocycles. The van der Waals surface area contributed by atoms with Gasteiger partial charge in [-0.25, -0.2) is 0 Å². The maximum absolute atomic E-state index is 12.5. The van der Waals surface area contributed by atoms with Crippen molar-refractivity contribution < 1.29 is 9.53 Å². The van der Waals surface area contributed by atoms with Gasteiger partial charge in [-0.05, 0) is 42.6 Å². The van der Waals surface area contributed by atoms with E-state index in [1.807, 2.05) is 0 Å². The number of piperidine rings is 1. The van der Waals surface area contributed by atoms with E-state index in [0.717, 1.165) is 12.8 Å². The SMILES string of the molecule is COC(=O)[C@@H]1[C@H]2CCC(C[C@H]1c1ccc3ccccc3c1)N2C. The van der Waals surface area contributed by atoms with E-state index >= 15 is 0 Å². The lowest BCUT2D eigenvalue weighted by molar-refractivity contribution is -0.150. The van der Waals surface area contributed by atoms with Crippen LogP contribution in [-0.4, -0.2) is 37.1 Å². The number of rotatable bonds is 2. The molecule has 23 heavy (non-hydrogen) atoms. The third-order valence-corrected chi connectivity index (χ3v) is 5.94. The van der Waals surface area contributed by atoms with Gasteiger partial charge in [0.05, 0.1) is 13.0 Å². The van der Waals surface area contributed by atoms with Gasteiger partial charge in [0.15, 0.2) is 0 Å². The second kappa shape index (κ2) is 5.64. The maximum atomic E-state index is 12.5. The van der Waals surface area contributed by atoms with Gasteiger partial charge in [-0.3, -0.25) is 9.69 Å². The molecule has 120 valence electrons. The van der Waals surface area contributed by atoms with Crippen molar-refractivity contribution in [2.24, 2.45) is 5.92 Å².